The van der Waals surface area contributed by atoms with Crippen molar-refractivity contribution in [2.75, 3.05) is 0 Å². The molecule has 1 aromatic heterocycles. The summed E-state index contributed by atoms with van der Waals surface area (Å²) in [4.78, 5) is 27.9. The van der Waals surface area contributed by atoms with Gasteiger partial charge in [0.05, 0.1) is 15.1 Å². The zero-order chi connectivity index (χ0) is 16.4. The number of hydrogen-bond acceptors (Lipinski definition) is 4. The van der Waals surface area contributed by atoms with Crippen LogP contribution in [0.1, 0.15) is 39.0 Å². The molecule has 1 heterocycles. The molecule has 0 aliphatic heterocycles. The SMILES string of the molecule is CCn1c(=NC(=O)C2CCCCC2)sc2cc([N+](=O)[O-])ccc21. The predicted molar refractivity (Wildman–Crippen MR) is 89.3 cm³/mol. The lowest BCUT2D eigenvalue weighted by atomic mass is 9.89. The van der Waals surface area contributed by atoms with Gasteiger partial charge >= 0.3 is 0 Å². The molecule has 23 heavy (non-hydrogen) atoms. The van der Waals surface area contributed by atoms with Crippen molar-refractivity contribution in [3.05, 3.63) is 33.1 Å². The molecule has 0 radical (unpaired) electrons. The lowest BCUT2D eigenvalue weighted by Gasteiger charge is -2.17. The summed E-state index contributed by atoms with van der Waals surface area (Å²) in [6.45, 7) is 2.66. The maximum atomic E-state index is 12.4. The third-order valence-electron chi connectivity index (χ3n) is 4.35. The van der Waals surface area contributed by atoms with E-state index in [1.807, 2.05) is 11.5 Å². The molecule has 1 aliphatic rings. The summed E-state index contributed by atoms with van der Waals surface area (Å²) in [5.74, 6) is -0.0124. The third-order valence-corrected chi connectivity index (χ3v) is 5.39. The number of nitrogens with zero attached hydrogens (tertiary/aromatic N) is 3. The molecule has 0 unspecified atom stereocenters. The topological polar surface area (TPSA) is 77.5 Å². The molecular formula is C16H19N3O3S. The molecule has 122 valence electrons. The van der Waals surface area contributed by atoms with Gasteiger partial charge in [-0.2, -0.15) is 4.99 Å². The van der Waals surface area contributed by atoms with Crippen LogP contribution in [0, 0.1) is 16.0 Å². The van der Waals surface area contributed by atoms with Crippen molar-refractivity contribution in [2.24, 2.45) is 10.9 Å². The van der Waals surface area contributed by atoms with Gasteiger partial charge in [-0.15, -0.1) is 0 Å². The zero-order valence-corrected chi connectivity index (χ0v) is 13.8. The Morgan fingerprint density at radius 1 is 1.39 bits per heavy atom. The summed E-state index contributed by atoms with van der Waals surface area (Å²) in [7, 11) is 0. The van der Waals surface area contributed by atoms with Crippen molar-refractivity contribution in [1.29, 1.82) is 0 Å². The number of non-ortho nitro benzene ring substituents is 1. The second-order valence-corrected chi connectivity index (χ2v) is 6.83. The maximum Gasteiger partial charge on any atom is 0.270 e. The van der Waals surface area contributed by atoms with Gasteiger partial charge in [-0.3, -0.25) is 14.9 Å². The highest BCUT2D eigenvalue weighted by atomic mass is 32.1. The largest absolute Gasteiger partial charge is 0.317 e. The number of amides is 1. The van der Waals surface area contributed by atoms with E-state index in [2.05, 4.69) is 4.99 Å². The van der Waals surface area contributed by atoms with E-state index in [4.69, 9.17) is 0 Å². The molecule has 0 saturated heterocycles. The Labute approximate surface area is 137 Å². The summed E-state index contributed by atoms with van der Waals surface area (Å²) >= 11 is 1.34. The number of benzene rings is 1. The van der Waals surface area contributed by atoms with Crippen molar-refractivity contribution >= 4 is 33.1 Å². The quantitative estimate of drug-likeness (QED) is 0.635. The number of carbonyl (C=O) groups excluding carboxylic acids is 1. The summed E-state index contributed by atoms with van der Waals surface area (Å²) in [6, 6.07) is 4.78. The summed E-state index contributed by atoms with van der Waals surface area (Å²) in [5, 5.41) is 10.9. The van der Waals surface area contributed by atoms with Crippen molar-refractivity contribution in [3.63, 3.8) is 0 Å². The highest BCUT2D eigenvalue weighted by molar-refractivity contribution is 7.16. The average molecular weight is 333 g/mol. The molecule has 3 rings (SSSR count). The first-order valence-electron chi connectivity index (χ1n) is 7.96. The minimum Gasteiger partial charge on any atom is -0.317 e. The molecule has 0 spiro atoms. The number of rotatable bonds is 3. The normalized spacial score (nSPS) is 16.8. The Morgan fingerprint density at radius 2 is 2.13 bits per heavy atom. The van der Waals surface area contributed by atoms with Gasteiger partial charge in [0.15, 0.2) is 4.80 Å². The number of nitro benzene ring substituents is 1. The van der Waals surface area contributed by atoms with Gasteiger partial charge in [0.1, 0.15) is 0 Å². The van der Waals surface area contributed by atoms with Crippen LogP contribution in [0.5, 0.6) is 0 Å². The van der Waals surface area contributed by atoms with E-state index in [9.17, 15) is 14.9 Å². The molecule has 2 aromatic rings. The van der Waals surface area contributed by atoms with Crippen LogP contribution in [-0.2, 0) is 11.3 Å². The van der Waals surface area contributed by atoms with Gasteiger partial charge in [-0.25, -0.2) is 0 Å². The third kappa shape index (κ3) is 3.19. The van der Waals surface area contributed by atoms with Crippen LogP contribution >= 0.6 is 11.3 Å². The van der Waals surface area contributed by atoms with E-state index < -0.39 is 4.92 Å². The van der Waals surface area contributed by atoms with E-state index in [-0.39, 0.29) is 17.5 Å². The predicted octanol–water partition coefficient (Wildman–Crippen LogP) is 3.64. The fourth-order valence-electron chi connectivity index (χ4n) is 3.10. The number of aryl methyl sites for hydroxylation is 1. The van der Waals surface area contributed by atoms with E-state index in [1.165, 1.54) is 23.8 Å². The number of carbonyl (C=O) groups is 1. The van der Waals surface area contributed by atoms with Crippen molar-refractivity contribution in [1.82, 2.24) is 4.57 Å². The van der Waals surface area contributed by atoms with Crippen molar-refractivity contribution < 1.29 is 9.72 Å². The van der Waals surface area contributed by atoms with Gasteiger partial charge in [0.2, 0.25) is 0 Å². The second kappa shape index (κ2) is 6.62. The van der Waals surface area contributed by atoms with Gasteiger partial charge in [0, 0.05) is 24.6 Å². The lowest BCUT2D eigenvalue weighted by molar-refractivity contribution is -0.384. The molecule has 0 N–H and O–H groups in total. The van der Waals surface area contributed by atoms with E-state index in [1.54, 1.807) is 12.1 Å². The maximum absolute atomic E-state index is 12.4. The Morgan fingerprint density at radius 3 is 2.78 bits per heavy atom. The van der Waals surface area contributed by atoms with Crippen LogP contribution in [0.15, 0.2) is 23.2 Å². The minimum atomic E-state index is -0.403. The highest BCUT2D eigenvalue weighted by Crippen LogP contribution is 2.26. The van der Waals surface area contributed by atoms with E-state index in [0.717, 1.165) is 35.9 Å². The molecule has 1 amide bonds. The van der Waals surface area contributed by atoms with Gasteiger partial charge in [-0.05, 0) is 25.8 Å². The molecule has 7 heteroatoms. The van der Waals surface area contributed by atoms with Crippen LogP contribution < -0.4 is 4.80 Å². The zero-order valence-electron chi connectivity index (χ0n) is 13.0. The number of nitro groups is 1. The van der Waals surface area contributed by atoms with Crippen LogP contribution in [0.2, 0.25) is 0 Å². The first-order valence-corrected chi connectivity index (χ1v) is 8.78. The Balaban J connectivity index is 2.03. The van der Waals surface area contributed by atoms with E-state index in [0.29, 0.717) is 11.3 Å². The molecule has 1 aliphatic carbocycles. The highest BCUT2D eigenvalue weighted by Gasteiger charge is 2.21. The molecule has 1 saturated carbocycles. The second-order valence-electron chi connectivity index (χ2n) is 5.82. The smallest absolute Gasteiger partial charge is 0.270 e. The monoisotopic (exact) mass is 333 g/mol. The summed E-state index contributed by atoms with van der Waals surface area (Å²) < 4.78 is 2.74. The number of hydrogen-bond donors (Lipinski definition) is 0. The van der Waals surface area contributed by atoms with Gasteiger partial charge in [0.25, 0.3) is 11.6 Å². The number of aromatic nitrogens is 1. The van der Waals surface area contributed by atoms with Crippen molar-refractivity contribution in [3.8, 4) is 0 Å². The van der Waals surface area contributed by atoms with Crippen LogP contribution in [-0.4, -0.2) is 15.4 Å². The first-order chi connectivity index (χ1) is 11.1. The minimum absolute atomic E-state index is 0.0357. The molecule has 0 atom stereocenters. The average Bonchev–Trinajstić information content (AvgIpc) is 2.91. The first kappa shape index (κ1) is 15.9. The molecule has 1 fully saturated rings. The van der Waals surface area contributed by atoms with Crippen LogP contribution in [0.4, 0.5) is 5.69 Å². The Bertz CT molecular complexity index is 816. The number of thiazole rings is 1. The summed E-state index contributed by atoms with van der Waals surface area (Å²) in [5.41, 5.74) is 0.949. The molecule has 1 aromatic carbocycles. The van der Waals surface area contributed by atoms with Gasteiger partial charge in [-0.1, -0.05) is 30.6 Å². The number of fused-ring (bicyclic) bond motifs is 1. The van der Waals surface area contributed by atoms with Crippen LogP contribution in [0.25, 0.3) is 10.2 Å². The standard InChI is InChI=1S/C16H19N3O3S/c1-2-18-13-9-8-12(19(21)22)10-14(13)23-16(18)17-15(20)11-6-4-3-5-7-11/h8-11H,2-7H2,1H3. The fraction of sp³-hybridized carbons (Fsp3) is 0.500. The Hall–Kier alpha value is -2.02. The van der Waals surface area contributed by atoms with E-state index >= 15 is 0 Å². The molecular weight excluding hydrogens is 314 g/mol. The molecule has 0 bridgehead atoms. The lowest BCUT2D eigenvalue weighted by Crippen LogP contribution is -2.21. The summed E-state index contributed by atoms with van der Waals surface area (Å²) in [6.07, 6.45) is 5.23. The van der Waals surface area contributed by atoms with Crippen LogP contribution in [0.3, 0.4) is 0 Å². The van der Waals surface area contributed by atoms with Crippen molar-refractivity contribution in [2.45, 2.75) is 45.6 Å². The fourth-order valence-corrected chi connectivity index (χ4v) is 4.23. The Kier molecular flexibility index (Phi) is 4.56. The van der Waals surface area contributed by atoms with Gasteiger partial charge < -0.3 is 4.57 Å². The molecule has 6 nitrogen and oxygen atoms in total.